The summed E-state index contributed by atoms with van der Waals surface area (Å²) in [6, 6.07) is 11.6. The van der Waals surface area contributed by atoms with Crippen LogP contribution < -0.4 is 15.3 Å². The van der Waals surface area contributed by atoms with E-state index in [4.69, 9.17) is 14.0 Å². The standard InChI is InChI=1S/C26H33BN2O5/c1-17(30)32-16-21-22(27-33-25(2,3)26(4,5)34-27)9-8-10-23(21)29-14-13-18-15-19(28(6)7)11-12-20(18)24(29)31/h8-12,15H,13-14,16H2,1-7H3. The predicted octanol–water partition coefficient (Wildman–Crippen LogP) is 3.32. The highest BCUT2D eigenvalue weighted by atomic mass is 16.7. The maximum absolute atomic E-state index is 13.6. The van der Waals surface area contributed by atoms with Gasteiger partial charge in [-0.25, -0.2) is 0 Å². The summed E-state index contributed by atoms with van der Waals surface area (Å²) in [7, 11) is 3.34. The third-order valence-electron chi connectivity index (χ3n) is 7.09. The quantitative estimate of drug-likeness (QED) is 0.500. The lowest BCUT2D eigenvalue weighted by atomic mass is 9.75. The number of carbonyl (C=O) groups excluding carboxylic acids is 2. The first kappa shape index (κ1) is 24.3. The van der Waals surface area contributed by atoms with Gasteiger partial charge >= 0.3 is 13.1 Å². The number of hydrogen-bond donors (Lipinski definition) is 0. The van der Waals surface area contributed by atoms with Crippen molar-refractivity contribution in [3.05, 3.63) is 53.1 Å². The molecule has 34 heavy (non-hydrogen) atoms. The first-order chi connectivity index (χ1) is 15.9. The largest absolute Gasteiger partial charge is 0.495 e. The second-order valence-electron chi connectivity index (χ2n) is 10.2. The van der Waals surface area contributed by atoms with E-state index in [1.165, 1.54) is 6.92 Å². The molecular formula is C26H33BN2O5. The number of rotatable bonds is 5. The Balaban J connectivity index is 1.74. The van der Waals surface area contributed by atoms with Crippen molar-refractivity contribution in [2.45, 2.75) is 58.8 Å². The zero-order valence-electron chi connectivity index (χ0n) is 21.1. The maximum atomic E-state index is 13.6. The average molecular weight is 464 g/mol. The Morgan fingerprint density at radius 1 is 1.12 bits per heavy atom. The minimum atomic E-state index is -0.634. The first-order valence-electron chi connectivity index (χ1n) is 11.6. The summed E-state index contributed by atoms with van der Waals surface area (Å²) in [5, 5.41) is 0. The molecule has 7 nitrogen and oxygen atoms in total. The number of amides is 1. The van der Waals surface area contributed by atoms with Gasteiger partial charge in [0, 0.05) is 44.4 Å². The molecule has 2 aliphatic rings. The Bertz CT molecular complexity index is 1110. The maximum Gasteiger partial charge on any atom is 0.495 e. The molecule has 1 fully saturated rings. The molecule has 1 saturated heterocycles. The van der Waals surface area contributed by atoms with Gasteiger partial charge in [-0.1, -0.05) is 12.1 Å². The van der Waals surface area contributed by atoms with Crippen LogP contribution in [0.5, 0.6) is 0 Å². The Kier molecular flexibility index (Phi) is 6.25. The smallest absolute Gasteiger partial charge is 0.461 e. The van der Waals surface area contributed by atoms with Crippen molar-refractivity contribution in [3.63, 3.8) is 0 Å². The molecule has 0 aromatic heterocycles. The Labute approximate surface area is 202 Å². The highest BCUT2D eigenvalue weighted by Gasteiger charge is 2.52. The molecular weight excluding hydrogens is 431 g/mol. The molecule has 0 saturated carbocycles. The van der Waals surface area contributed by atoms with E-state index in [-0.39, 0.29) is 18.5 Å². The van der Waals surface area contributed by atoms with Gasteiger partial charge in [-0.2, -0.15) is 0 Å². The Morgan fingerprint density at radius 2 is 1.79 bits per heavy atom. The van der Waals surface area contributed by atoms with Crippen LogP contribution in [0, 0.1) is 0 Å². The molecule has 1 amide bonds. The van der Waals surface area contributed by atoms with Crippen LogP contribution in [0.25, 0.3) is 0 Å². The van der Waals surface area contributed by atoms with E-state index in [0.29, 0.717) is 17.8 Å². The van der Waals surface area contributed by atoms with E-state index in [2.05, 4.69) is 6.07 Å². The van der Waals surface area contributed by atoms with Gasteiger partial charge in [0.05, 0.1) is 16.9 Å². The third kappa shape index (κ3) is 4.32. The number of carbonyl (C=O) groups is 2. The first-order valence-corrected chi connectivity index (χ1v) is 11.6. The number of fused-ring (bicyclic) bond motifs is 1. The van der Waals surface area contributed by atoms with Crippen LogP contribution in [0.1, 0.15) is 56.1 Å². The van der Waals surface area contributed by atoms with Crippen molar-refractivity contribution in [2.24, 2.45) is 0 Å². The molecule has 0 bridgehead atoms. The number of nitrogens with zero attached hydrogens (tertiary/aromatic N) is 2. The SMILES string of the molecule is CC(=O)OCc1c(B2OC(C)(C)C(C)(C)O2)cccc1N1CCc2cc(N(C)C)ccc2C1=O. The van der Waals surface area contributed by atoms with E-state index >= 15 is 0 Å². The predicted molar refractivity (Wildman–Crippen MR) is 134 cm³/mol. The minimum Gasteiger partial charge on any atom is -0.461 e. The van der Waals surface area contributed by atoms with Crippen LogP contribution in [0.2, 0.25) is 0 Å². The summed E-state index contributed by atoms with van der Waals surface area (Å²) in [6.45, 7) is 9.92. The molecule has 180 valence electrons. The van der Waals surface area contributed by atoms with Crippen LogP contribution in [0.15, 0.2) is 36.4 Å². The fraction of sp³-hybridized carbons (Fsp3) is 0.462. The average Bonchev–Trinajstić information content (AvgIpc) is 2.98. The summed E-state index contributed by atoms with van der Waals surface area (Å²) >= 11 is 0. The Morgan fingerprint density at radius 3 is 2.41 bits per heavy atom. The van der Waals surface area contributed by atoms with Crippen molar-refractivity contribution in [1.29, 1.82) is 0 Å². The van der Waals surface area contributed by atoms with Crippen LogP contribution in [-0.4, -0.2) is 50.8 Å². The molecule has 0 spiro atoms. The molecule has 0 unspecified atom stereocenters. The highest BCUT2D eigenvalue weighted by molar-refractivity contribution is 6.62. The third-order valence-corrected chi connectivity index (χ3v) is 7.09. The fourth-order valence-corrected chi connectivity index (χ4v) is 4.35. The van der Waals surface area contributed by atoms with E-state index in [0.717, 1.165) is 28.7 Å². The number of benzene rings is 2. The lowest BCUT2D eigenvalue weighted by Gasteiger charge is -2.32. The van der Waals surface area contributed by atoms with E-state index in [9.17, 15) is 9.59 Å². The zero-order valence-corrected chi connectivity index (χ0v) is 21.1. The summed E-state index contributed by atoms with van der Waals surface area (Å²) in [5.74, 6) is -0.456. The van der Waals surface area contributed by atoms with Gasteiger partial charge in [0.2, 0.25) is 0 Å². The molecule has 2 heterocycles. The lowest BCUT2D eigenvalue weighted by Crippen LogP contribution is -2.42. The molecule has 4 rings (SSSR count). The van der Waals surface area contributed by atoms with E-state index < -0.39 is 18.3 Å². The molecule has 0 radical (unpaired) electrons. The van der Waals surface area contributed by atoms with Crippen molar-refractivity contribution in [3.8, 4) is 0 Å². The number of esters is 1. The van der Waals surface area contributed by atoms with Crippen LogP contribution in [-0.2, 0) is 31.9 Å². The molecule has 2 aromatic rings. The van der Waals surface area contributed by atoms with Crippen molar-refractivity contribution in [1.82, 2.24) is 0 Å². The van der Waals surface area contributed by atoms with Gasteiger partial charge in [-0.3, -0.25) is 9.59 Å². The van der Waals surface area contributed by atoms with Gasteiger partial charge in [0.25, 0.3) is 5.91 Å². The highest BCUT2D eigenvalue weighted by Crippen LogP contribution is 2.38. The molecule has 0 aliphatic carbocycles. The minimum absolute atomic E-state index is 0.0289. The van der Waals surface area contributed by atoms with Gasteiger partial charge < -0.3 is 23.8 Å². The normalized spacial score (nSPS) is 18.6. The zero-order chi connectivity index (χ0) is 24.8. The van der Waals surface area contributed by atoms with Crippen molar-refractivity contribution < 1.29 is 23.6 Å². The summed E-state index contributed by atoms with van der Waals surface area (Å²) in [5.41, 5.74) is 3.95. The second-order valence-corrected chi connectivity index (χ2v) is 10.2. The van der Waals surface area contributed by atoms with Crippen molar-refractivity contribution in [2.75, 3.05) is 30.4 Å². The van der Waals surface area contributed by atoms with Gasteiger partial charge in [0.15, 0.2) is 0 Å². The van der Waals surface area contributed by atoms with E-state index in [1.54, 1.807) is 4.90 Å². The number of hydrogen-bond acceptors (Lipinski definition) is 6. The fourth-order valence-electron chi connectivity index (χ4n) is 4.35. The van der Waals surface area contributed by atoms with Crippen LogP contribution >= 0.6 is 0 Å². The molecule has 2 aromatic carbocycles. The lowest BCUT2D eigenvalue weighted by molar-refractivity contribution is -0.142. The van der Waals surface area contributed by atoms with Gasteiger partial charge in [-0.05, 0) is 69.4 Å². The molecule has 0 N–H and O–H groups in total. The van der Waals surface area contributed by atoms with Crippen molar-refractivity contribution >= 4 is 35.8 Å². The summed E-state index contributed by atoms with van der Waals surface area (Å²) in [4.78, 5) is 29.1. The number of ether oxygens (including phenoxy) is 1. The molecule has 0 atom stereocenters. The van der Waals surface area contributed by atoms with Crippen LogP contribution in [0.3, 0.4) is 0 Å². The van der Waals surface area contributed by atoms with Gasteiger partial charge in [0.1, 0.15) is 6.61 Å². The van der Waals surface area contributed by atoms with E-state index in [1.807, 2.05) is 77.0 Å². The second kappa shape index (κ2) is 8.75. The summed E-state index contributed by atoms with van der Waals surface area (Å²) in [6.07, 6.45) is 0.733. The number of anilines is 2. The summed E-state index contributed by atoms with van der Waals surface area (Å²) < 4.78 is 18.0. The monoisotopic (exact) mass is 464 g/mol. The molecule has 2 aliphatic heterocycles. The topological polar surface area (TPSA) is 68.3 Å². The van der Waals surface area contributed by atoms with Gasteiger partial charge in [-0.15, -0.1) is 0 Å². The molecule has 8 heteroatoms. The Hall–Kier alpha value is -2.84. The van der Waals surface area contributed by atoms with Crippen LogP contribution in [0.4, 0.5) is 11.4 Å².